The molecule has 1 heterocycles. The van der Waals surface area contributed by atoms with Gasteiger partial charge in [-0.1, -0.05) is 0 Å². The minimum Gasteiger partial charge on any atom is -0.372 e. The molecule has 1 aromatic carbocycles. The second-order valence-electron chi connectivity index (χ2n) is 3.26. The van der Waals surface area contributed by atoms with E-state index in [4.69, 9.17) is 4.74 Å². The van der Waals surface area contributed by atoms with Gasteiger partial charge >= 0.3 is 0 Å². The summed E-state index contributed by atoms with van der Waals surface area (Å²) in [5.41, 5.74) is 0. The van der Waals surface area contributed by atoms with Gasteiger partial charge in [-0.15, -0.1) is 0 Å². The van der Waals surface area contributed by atoms with E-state index in [0.29, 0.717) is 6.61 Å². The molecule has 0 spiro atoms. The van der Waals surface area contributed by atoms with Crippen molar-refractivity contribution in [2.24, 2.45) is 0 Å². The fourth-order valence-electron chi connectivity index (χ4n) is 1.09. The lowest BCUT2D eigenvalue weighted by Gasteiger charge is -2.04. The largest absolute Gasteiger partial charge is 0.372 e. The molecule has 1 aromatic rings. The molecule has 1 fully saturated rings. The first kappa shape index (κ1) is 10.5. The summed E-state index contributed by atoms with van der Waals surface area (Å²) in [5, 5.41) is 0. The normalized spacial score (nSPS) is 20.2. The average molecular weight is 231 g/mol. The van der Waals surface area contributed by atoms with Crippen LogP contribution in [-0.4, -0.2) is 27.7 Å². The summed E-state index contributed by atoms with van der Waals surface area (Å²) in [6.07, 6.45) is -0.0137. The van der Waals surface area contributed by atoms with Gasteiger partial charge in [0.25, 0.3) is 0 Å². The number of hydrogen-bond acceptors (Lipinski definition) is 3. The predicted octanol–water partition coefficient (Wildman–Crippen LogP) is 0.503. The van der Waals surface area contributed by atoms with Gasteiger partial charge < -0.3 is 4.74 Å². The number of benzene rings is 1. The highest BCUT2D eigenvalue weighted by Crippen LogP contribution is 2.12. The molecule has 0 radical (unpaired) electrons. The van der Waals surface area contributed by atoms with Gasteiger partial charge in [-0.25, -0.2) is 17.5 Å². The van der Waals surface area contributed by atoms with Gasteiger partial charge in [-0.2, -0.15) is 0 Å². The lowest BCUT2D eigenvalue weighted by atomic mass is 10.4. The monoisotopic (exact) mass is 231 g/mol. The molecule has 6 heteroatoms. The van der Waals surface area contributed by atoms with E-state index in [1.165, 1.54) is 12.1 Å². The lowest BCUT2D eigenvalue weighted by molar-refractivity contribution is 0.406. The Morgan fingerprint density at radius 2 is 2.00 bits per heavy atom. The van der Waals surface area contributed by atoms with Crippen LogP contribution >= 0.6 is 0 Å². The topological polar surface area (TPSA) is 58.7 Å². The third-order valence-corrected chi connectivity index (χ3v) is 3.47. The van der Waals surface area contributed by atoms with Crippen molar-refractivity contribution in [1.29, 1.82) is 0 Å². The molecule has 82 valence electrons. The molecule has 1 N–H and O–H groups in total. The van der Waals surface area contributed by atoms with Crippen molar-refractivity contribution in [3.63, 3.8) is 0 Å². The van der Waals surface area contributed by atoms with Crippen LogP contribution in [-0.2, 0) is 14.8 Å². The van der Waals surface area contributed by atoms with Crippen LogP contribution < -0.4 is 4.72 Å². The number of rotatable bonds is 4. The van der Waals surface area contributed by atoms with E-state index in [1.807, 2.05) is 0 Å². The number of ether oxygens (including phenoxy) is 1. The smallest absolute Gasteiger partial charge is 0.240 e. The van der Waals surface area contributed by atoms with E-state index >= 15 is 0 Å². The van der Waals surface area contributed by atoms with Crippen LogP contribution in [0, 0.1) is 5.82 Å². The highest BCUT2D eigenvalue weighted by atomic mass is 32.2. The number of nitrogens with one attached hydrogen (secondary N) is 1. The molecule has 4 nitrogen and oxygen atoms in total. The predicted molar refractivity (Wildman–Crippen MR) is 51.3 cm³/mol. The van der Waals surface area contributed by atoms with Gasteiger partial charge in [0.05, 0.1) is 17.6 Å². The van der Waals surface area contributed by atoms with Crippen LogP contribution in [0.25, 0.3) is 0 Å². The minimum absolute atomic E-state index is 0.0137. The van der Waals surface area contributed by atoms with E-state index in [2.05, 4.69) is 4.72 Å². The van der Waals surface area contributed by atoms with Gasteiger partial charge in [0, 0.05) is 6.54 Å². The highest BCUT2D eigenvalue weighted by molar-refractivity contribution is 7.89. The summed E-state index contributed by atoms with van der Waals surface area (Å²) >= 11 is 0. The molecular weight excluding hydrogens is 221 g/mol. The number of halogens is 1. The Morgan fingerprint density at radius 1 is 1.40 bits per heavy atom. The Kier molecular flexibility index (Phi) is 2.72. The first-order valence-corrected chi connectivity index (χ1v) is 5.93. The van der Waals surface area contributed by atoms with Gasteiger partial charge in [-0.05, 0) is 24.3 Å². The van der Waals surface area contributed by atoms with Crippen LogP contribution in [0.1, 0.15) is 0 Å². The van der Waals surface area contributed by atoms with Crippen molar-refractivity contribution in [3.05, 3.63) is 30.1 Å². The van der Waals surface area contributed by atoms with E-state index in [1.54, 1.807) is 0 Å². The zero-order valence-electron chi connectivity index (χ0n) is 7.81. The van der Waals surface area contributed by atoms with E-state index in [0.717, 1.165) is 12.1 Å². The van der Waals surface area contributed by atoms with E-state index in [9.17, 15) is 12.8 Å². The molecule has 1 atom stereocenters. The zero-order valence-corrected chi connectivity index (χ0v) is 8.63. The van der Waals surface area contributed by atoms with Crippen molar-refractivity contribution >= 4 is 10.0 Å². The van der Waals surface area contributed by atoms with Crippen LogP contribution in [0.15, 0.2) is 29.2 Å². The molecule has 0 saturated carbocycles. The number of epoxide rings is 1. The van der Waals surface area contributed by atoms with Crippen molar-refractivity contribution in [3.8, 4) is 0 Å². The average Bonchev–Trinajstić information content (AvgIpc) is 2.99. The maximum absolute atomic E-state index is 12.6. The highest BCUT2D eigenvalue weighted by Gasteiger charge is 2.25. The summed E-state index contributed by atoms with van der Waals surface area (Å²) in [6.45, 7) is 0.853. The van der Waals surface area contributed by atoms with Gasteiger partial charge in [0.2, 0.25) is 10.0 Å². The molecular formula is C9H10FNO3S. The first-order valence-electron chi connectivity index (χ1n) is 4.45. The fraction of sp³-hybridized carbons (Fsp3) is 0.333. The Morgan fingerprint density at radius 3 is 2.53 bits per heavy atom. The van der Waals surface area contributed by atoms with E-state index in [-0.39, 0.29) is 17.5 Å². The van der Waals surface area contributed by atoms with Gasteiger partial charge in [0.1, 0.15) is 5.82 Å². The molecule has 0 aromatic heterocycles. The van der Waals surface area contributed by atoms with Crippen molar-refractivity contribution in [2.75, 3.05) is 13.2 Å². The molecule has 15 heavy (non-hydrogen) atoms. The van der Waals surface area contributed by atoms with Crippen molar-refractivity contribution in [1.82, 2.24) is 4.72 Å². The molecule has 0 unspecified atom stereocenters. The molecule has 1 aliphatic rings. The lowest BCUT2D eigenvalue weighted by Crippen LogP contribution is -2.27. The number of sulfonamides is 1. The summed E-state index contributed by atoms with van der Waals surface area (Å²) in [7, 11) is -3.53. The summed E-state index contributed by atoms with van der Waals surface area (Å²) in [5.74, 6) is -0.459. The maximum atomic E-state index is 12.6. The third-order valence-electron chi connectivity index (χ3n) is 2.03. The third kappa shape index (κ3) is 2.74. The zero-order chi connectivity index (χ0) is 10.9. The Hall–Kier alpha value is -0.980. The molecule has 1 saturated heterocycles. The van der Waals surface area contributed by atoms with E-state index < -0.39 is 15.8 Å². The second kappa shape index (κ2) is 3.88. The molecule has 0 aliphatic carbocycles. The van der Waals surface area contributed by atoms with Gasteiger partial charge in [0.15, 0.2) is 0 Å². The molecule has 0 amide bonds. The molecule has 0 bridgehead atoms. The van der Waals surface area contributed by atoms with Crippen molar-refractivity contribution < 1.29 is 17.5 Å². The fourth-order valence-corrected chi connectivity index (χ4v) is 2.15. The quantitative estimate of drug-likeness (QED) is 0.768. The minimum atomic E-state index is -3.53. The standard InChI is InChI=1S/C9H10FNO3S/c10-7-1-3-9(4-2-7)15(12,13)11-5-8-6-14-8/h1-4,8,11H,5-6H2/t8-/m1/s1. The Labute approximate surface area is 87.1 Å². The Balaban J connectivity index is 2.09. The molecule has 1 aliphatic heterocycles. The van der Waals surface area contributed by atoms with Gasteiger partial charge in [-0.3, -0.25) is 0 Å². The Bertz CT molecular complexity index is 439. The van der Waals surface area contributed by atoms with Crippen LogP contribution in [0.5, 0.6) is 0 Å². The summed E-state index contributed by atoms with van der Waals surface area (Å²) in [4.78, 5) is 0.0598. The summed E-state index contributed by atoms with van der Waals surface area (Å²) < 4.78 is 43.0. The first-order chi connectivity index (χ1) is 7.08. The summed E-state index contributed by atoms with van der Waals surface area (Å²) in [6, 6.07) is 4.68. The maximum Gasteiger partial charge on any atom is 0.240 e. The molecule has 2 rings (SSSR count). The van der Waals surface area contributed by atoms with Crippen molar-refractivity contribution in [2.45, 2.75) is 11.0 Å². The second-order valence-corrected chi connectivity index (χ2v) is 5.03. The SMILES string of the molecule is O=S(=O)(NC[C@@H]1CO1)c1ccc(F)cc1. The van der Waals surface area contributed by atoms with Crippen LogP contribution in [0.3, 0.4) is 0 Å². The van der Waals surface area contributed by atoms with Crippen LogP contribution in [0.2, 0.25) is 0 Å². The number of hydrogen-bond donors (Lipinski definition) is 1. The van der Waals surface area contributed by atoms with Crippen LogP contribution in [0.4, 0.5) is 4.39 Å².